The minimum atomic E-state index is -4.66. The van der Waals surface area contributed by atoms with Crippen LogP contribution in [-0.4, -0.2) is 29.9 Å². The highest BCUT2D eigenvalue weighted by Crippen LogP contribution is 2.33. The zero-order chi connectivity index (χ0) is 28.4. The minimum absolute atomic E-state index is 0.141. The van der Waals surface area contributed by atoms with Gasteiger partial charge in [0.1, 0.15) is 5.75 Å². The molecule has 12 heteroatoms. The Morgan fingerprint density at radius 1 is 0.769 bits per heavy atom. The van der Waals surface area contributed by atoms with Crippen LogP contribution in [-0.2, 0) is 20.0 Å². The molecule has 0 aromatic heterocycles. The van der Waals surface area contributed by atoms with Gasteiger partial charge in [0.05, 0.1) is 22.6 Å². The Balaban J connectivity index is 1.82. The lowest BCUT2D eigenvalue weighted by Crippen LogP contribution is -2.37. The smallest absolute Gasteiger partial charge is 0.277 e. The van der Waals surface area contributed by atoms with E-state index in [-0.39, 0.29) is 36.8 Å². The van der Waals surface area contributed by atoms with Crippen molar-refractivity contribution in [2.24, 2.45) is 0 Å². The summed E-state index contributed by atoms with van der Waals surface area (Å²) in [5.74, 6) is -0.185. The highest BCUT2D eigenvalue weighted by atomic mass is 35.5. The van der Waals surface area contributed by atoms with Gasteiger partial charge in [-0.05, 0) is 79.7 Å². The Morgan fingerprint density at radius 3 is 1.85 bits per heavy atom. The summed E-state index contributed by atoms with van der Waals surface area (Å²) in [6.45, 7) is 1.78. The van der Waals surface area contributed by atoms with Crippen molar-refractivity contribution in [1.29, 1.82) is 0 Å². The van der Waals surface area contributed by atoms with E-state index in [0.29, 0.717) is 9.46 Å². The first-order valence-electron chi connectivity index (χ1n) is 11.3. The molecule has 4 rings (SSSR count). The zero-order valence-corrected chi connectivity index (χ0v) is 23.8. The maximum absolute atomic E-state index is 13.8. The molecule has 0 aliphatic carbocycles. The fourth-order valence-electron chi connectivity index (χ4n) is 3.64. The number of methoxy groups -OCH3 is 1. The van der Waals surface area contributed by atoms with E-state index in [4.69, 9.17) is 27.9 Å². The van der Waals surface area contributed by atoms with Crippen LogP contribution in [0.3, 0.4) is 0 Å². The molecule has 0 radical (unpaired) electrons. The molecule has 0 saturated carbocycles. The van der Waals surface area contributed by atoms with Gasteiger partial charge >= 0.3 is 0 Å². The Labute approximate surface area is 236 Å². The van der Waals surface area contributed by atoms with Crippen LogP contribution >= 0.6 is 23.2 Å². The molecule has 8 nitrogen and oxygen atoms in total. The third kappa shape index (κ3) is 6.20. The minimum Gasteiger partial charge on any atom is -0.497 e. The number of carbonyl (C=O) groups is 1. The number of benzene rings is 4. The van der Waals surface area contributed by atoms with Crippen molar-refractivity contribution in [2.45, 2.75) is 16.7 Å². The lowest BCUT2D eigenvalue weighted by molar-refractivity contribution is 0.102. The Hall–Kier alpha value is -3.57. The average molecular weight is 606 g/mol. The summed E-state index contributed by atoms with van der Waals surface area (Å²) in [5, 5.41) is 3.13. The fraction of sp³-hybridized carbons (Fsp3) is 0.0741. The third-order valence-corrected chi connectivity index (χ3v) is 10.2. The molecule has 0 aliphatic rings. The van der Waals surface area contributed by atoms with Gasteiger partial charge in [-0.3, -0.25) is 4.79 Å². The predicted octanol–water partition coefficient (Wildman–Crippen LogP) is 6.15. The van der Waals surface area contributed by atoms with Crippen LogP contribution in [0.25, 0.3) is 0 Å². The molecule has 1 N–H and O–H groups in total. The van der Waals surface area contributed by atoms with Crippen LogP contribution < -0.4 is 13.8 Å². The van der Waals surface area contributed by atoms with E-state index in [1.165, 1.54) is 86.0 Å². The highest BCUT2D eigenvalue weighted by molar-refractivity contribution is 8.10. The monoisotopic (exact) mass is 604 g/mol. The van der Waals surface area contributed by atoms with E-state index in [0.717, 1.165) is 5.56 Å². The molecular formula is C27H22Cl2N2O6S2. The van der Waals surface area contributed by atoms with Crippen molar-refractivity contribution in [3.05, 3.63) is 112 Å². The first-order chi connectivity index (χ1) is 18.4. The number of aryl methyl sites for hydroxylation is 1. The summed E-state index contributed by atoms with van der Waals surface area (Å²) in [4.78, 5) is 12.3. The average Bonchev–Trinajstić information content (AvgIpc) is 2.88. The van der Waals surface area contributed by atoms with Crippen LogP contribution in [0.2, 0.25) is 10.0 Å². The topological polar surface area (TPSA) is 110 Å². The number of hydrogen-bond donors (Lipinski definition) is 1. The van der Waals surface area contributed by atoms with Gasteiger partial charge in [0, 0.05) is 21.3 Å². The highest BCUT2D eigenvalue weighted by Gasteiger charge is 2.37. The van der Waals surface area contributed by atoms with Gasteiger partial charge in [0.15, 0.2) is 0 Å². The number of carbonyl (C=O) groups excluding carboxylic acids is 1. The number of halogens is 2. The second-order valence-electron chi connectivity index (χ2n) is 8.36. The van der Waals surface area contributed by atoms with E-state index >= 15 is 0 Å². The number of nitrogens with one attached hydrogen (secondary N) is 1. The Kier molecular flexibility index (Phi) is 8.22. The molecule has 0 heterocycles. The van der Waals surface area contributed by atoms with E-state index in [9.17, 15) is 21.6 Å². The SMILES string of the molecule is COc1ccc(S(=O)(=O)N(c2cccc(NC(=O)c3cc(Cl)cc(Cl)c3)c2)S(=O)(=O)c2ccc(C)cc2)cc1. The fourth-order valence-corrected chi connectivity index (χ4v) is 7.84. The second kappa shape index (κ2) is 11.3. The van der Waals surface area contributed by atoms with E-state index < -0.39 is 26.0 Å². The summed E-state index contributed by atoms with van der Waals surface area (Å²) in [6, 6.07) is 20.9. The van der Waals surface area contributed by atoms with Gasteiger partial charge < -0.3 is 10.1 Å². The van der Waals surface area contributed by atoms with Gasteiger partial charge in [-0.15, -0.1) is 0 Å². The molecule has 0 spiro atoms. The molecule has 4 aromatic rings. The summed E-state index contributed by atoms with van der Waals surface area (Å²) in [5.41, 5.74) is 0.883. The number of ether oxygens (including phenoxy) is 1. The predicted molar refractivity (Wildman–Crippen MR) is 152 cm³/mol. The van der Waals surface area contributed by atoms with Crippen LogP contribution in [0.4, 0.5) is 11.4 Å². The van der Waals surface area contributed by atoms with Crippen LogP contribution in [0.5, 0.6) is 5.75 Å². The van der Waals surface area contributed by atoms with Crippen LogP contribution in [0.15, 0.2) is 101 Å². The molecule has 0 unspecified atom stereocenters. The number of amides is 1. The number of sulfonamides is 2. The summed E-state index contributed by atoms with van der Waals surface area (Å²) >= 11 is 12.0. The third-order valence-electron chi connectivity index (χ3n) is 5.55. The van der Waals surface area contributed by atoms with Gasteiger partial charge in [-0.1, -0.05) is 47.0 Å². The maximum atomic E-state index is 13.8. The van der Waals surface area contributed by atoms with Crippen LogP contribution in [0, 0.1) is 6.92 Å². The number of nitrogens with zero attached hydrogens (tertiary/aromatic N) is 1. The normalized spacial score (nSPS) is 11.6. The Morgan fingerprint density at radius 2 is 1.31 bits per heavy atom. The second-order valence-corrected chi connectivity index (χ2v) is 13.0. The van der Waals surface area contributed by atoms with E-state index in [1.807, 2.05) is 0 Å². The largest absolute Gasteiger partial charge is 0.497 e. The van der Waals surface area contributed by atoms with Crippen molar-refractivity contribution < 1.29 is 26.4 Å². The maximum Gasteiger partial charge on any atom is 0.277 e. The first-order valence-corrected chi connectivity index (χ1v) is 14.9. The van der Waals surface area contributed by atoms with E-state index in [1.54, 1.807) is 19.1 Å². The van der Waals surface area contributed by atoms with Crippen molar-refractivity contribution in [3.8, 4) is 5.75 Å². The molecular weight excluding hydrogens is 583 g/mol. The molecule has 39 heavy (non-hydrogen) atoms. The van der Waals surface area contributed by atoms with Crippen molar-refractivity contribution >= 4 is 60.5 Å². The number of anilines is 2. The molecule has 0 atom stereocenters. The number of rotatable bonds is 8. The molecule has 0 aliphatic heterocycles. The molecule has 0 saturated heterocycles. The molecule has 4 aromatic carbocycles. The lowest BCUT2D eigenvalue weighted by atomic mass is 10.2. The first kappa shape index (κ1) is 28.4. The quantitative estimate of drug-likeness (QED) is 0.258. The zero-order valence-electron chi connectivity index (χ0n) is 20.6. The van der Waals surface area contributed by atoms with Gasteiger partial charge in [-0.25, -0.2) is 16.8 Å². The number of hydrogen-bond acceptors (Lipinski definition) is 6. The molecule has 202 valence electrons. The van der Waals surface area contributed by atoms with Crippen molar-refractivity contribution in [3.63, 3.8) is 0 Å². The van der Waals surface area contributed by atoms with E-state index in [2.05, 4.69) is 5.32 Å². The lowest BCUT2D eigenvalue weighted by Gasteiger charge is -2.25. The standard InChI is InChI=1S/C27H22Cl2N2O6S2/c1-18-6-10-25(11-7-18)38(33,34)31(39(35,36)26-12-8-24(37-2)9-13-26)23-5-3-4-22(17-23)30-27(32)19-14-20(28)16-21(29)15-19/h3-17H,1-2H3,(H,30,32). The molecule has 0 bridgehead atoms. The summed E-state index contributed by atoms with van der Waals surface area (Å²) in [7, 11) is -7.87. The summed E-state index contributed by atoms with van der Waals surface area (Å²) in [6.07, 6.45) is 0. The summed E-state index contributed by atoms with van der Waals surface area (Å²) < 4.78 is 60.8. The van der Waals surface area contributed by atoms with Crippen molar-refractivity contribution in [2.75, 3.05) is 16.1 Å². The van der Waals surface area contributed by atoms with Crippen LogP contribution in [0.1, 0.15) is 15.9 Å². The van der Waals surface area contributed by atoms with Gasteiger partial charge in [-0.2, -0.15) is 3.71 Å². The Bertz CT molecular complexity index is 1720. The van der Waals surface area contributed by atoms with Gasteiger partial charge in [0.25, 0.3) is 26.0 Å². The molecule has 0 fully saturated rings. The van der Waals surface area contributed by atoms with Gasteiger partial charge in [0.2, 0.25) is 0 Å². The van der Waals surface area contributed by atoms with Crippen molar-refractivity contribution in [1.82, 2.24) is 0 Å². The molecule has 1 amide bonds.